The molecule has 0 bridgehead atoms. The van der Waals surface area contributed by atoms with Crippen molar-refractivity contribution in [3.05, 3.63) is 59.2 Å². The van der Waals surface area contributed by atoms with Gasteiger partial charge in [0, 0.05) is 17.1 Å². The first-order valence-electron chi connectivity index (χ1n) is 8.60. The molecule has 1 saturated carbocycles. The number of ketones is 1. The second-order valence-corrected chi connectivity index (χ2v) is 6.67. The maximum Gasteiger partial charge on any atom is 0.324 e. The molecule has 0 spiro atoms. The lowest BCUT2D eigenvalue weighted by Gasteiger charge is -2.20. The van der Waals surface area contributed by atoms with Gasteiger partial charge in [-0.2, -0.15) is 0 Å². The molecule has 6 nitrogen and oxygen atoms in total. The Labute approximate surface area is 151 Å². The summed E-state index contributed by atoms with van der Waals surface area (Å²) in [4.78, 5) is 36.1. The molecule has 0 amide bonds. The number of hydrogen-bond acceptors (Lipinski definition) is 5. The normalized spacial score (nSPS) is 23.5. The fourth-order valence-corrected chi connectivity index (χ4v) is 3.56. The molecule has 1 aromatic carbocycles. The van der Waals surface area contributed by atoms with Gasteiger partial charge in [0.05, 0.1) is 5.92 Å². The van der Waals surface area contributed by atoms with Gasteiger partial charge in [-0.1, -0.05) is 42.5 Å². The minimum absolute atomic E-state index is 0.0304. The quantitative estimate of drug-likeness (QED) is 0.598. The number of esters is 1. The predicted octanol–water partition coefficient (Wildman–Crippen LogP) is 2.11. The van der Waals surface area contributed by atoms with Crippen molar-refractivity contribution < 1.29 is 24.2 Å². The van der Waals surface area contributed by atoms with Crippen LogP contribution in [0.3, 0.4) is 0 Å². The largest absolute Gasteiger partial charge is 0.480 e. The monoisotopic (exact) mass is 355 g/mol. The third-order valence-electron chi connectivity index (χ3n) is 5.06. The Balaban J connectivity index is 1.67. The van der Waals surface area contributed by atoms with Crippen LogP contribution in [-0.4, -0.2) is 35.0 Å². The highest BCUT2D eigenvalue weighted by molar-refractivity contribution is 6.10. The van der Waals surface area contributed by atoms with E-state index in [4.69, 9.17) is 15.6 Å². The molecule has 0 aromatic heterocycles. The Morgan fingerprint density at radius 1 is 1.15 bits per heavy atom. The van der Waals surface area contributed by atoms with Crippen molar-refractivity contribution in [1.82, 2.24) is 0 Å². The molecule has 1 aromatic rings. The first kappa shape index (κ1) is 18.1. The van der Waals surface area contributed by atoms with Crippen LogP contribution in [0.25, 0.3) is 0 Å². The first-order valence-corrected chi connectivity index (χ1v) is 8.60. The Morgan fingerprint density at radius 2 is 1.85 bits per heavy atom. The summed E-state index contributed by atoms with van der Waals surface area (Å²) < 4.78 is 5.25. The number of hydrogen-bond donors (Lipinski definition) is 2. The molecule has 3 rings (SSSR count). The summed E-state index contributed by atoms with van der Waals surface area (Å²) in [5.41, 5.74) is 7.68. The van der Waals surface area contributed by atoms with E-state index in [-0.39, 0.29) is 11.7 Å². The van der Waals surface area contributed by atoms with E-state index in [0.29, 0.717) is 24.0 Å². The van der Waals surface area contributed by atoms with E-state index in [1.807, 2.05) is 24.3 Å². The summed E-state index contributed by atoms with van der Waals surface area (Å²) in [5.74, 6) is -2.27. The van der Waals surface area contributed by atoms with Crippen molar-refractivity contribution >= 4 is 17.7 Å². The number of benzene rings is 1. The van der Waals surface area contributed by atoms with Gasteiger partial charge in [-0.05, 0) is 25.3 Å². The van der Waals surface area contributed by atoms with E-state index >= 15 is 0 Å². The van der Waals surface area contributed by atoms with E-state index in [2.05, 4.69) is 0 Å². The molecule has 0 heterocycles. The van der Waals surface area contributed by atoms with Crippen LogP contribution in [0.1, 0.15) is 30.1 Å². The highest BCUT2D eigenvalue weighted by Crippen LogP contribution is 2.45. The van der Waals surface area contributed by atoms with E-state index in [0.717, 1.165) is 5.57 Å². The zero-order valence-electron chi connectivity index (χ0n) is 14.4. The number of aliphatic carboxylic acids is 1. The zero-order valence-corrected chi connectivity index (χ0v) is 14.4. The van der Waals surface area contributed by atoms with Crippen LogP contribution in [0.5, 0.6) is 0 Å². The second-order valence-electron chi connectivity index (χ2n) is 6.67. The topological polar surface area (TPSA) is 107 Å². The lowest BCUT2D eigenvalue weighted by molar-refractivity contribution is -0.156. The van der Waals surface area contributed by atoms with Crippen molar-refractivity contribution in [2.75, 3.05) is 0 Å². The summed E-state index contributed by atoms with van der Waals surface area (Å²) in [7, 11) is 0. The van der Waals surface area contributed by atoms with Crippen LogP contribution in [0.4, 0.5) is 0 Å². The minimum Gasteiger partial charge on any atom is -0.480 e. The van der Waals surface area contributed by atoms with Gasteiger partial charge in [-0.15, -0.1) is 0 Å². The van der Waals surface area contributed by atoms with Crippen LogP contribution in [-0.2, 0) is 14.3 Å². The van der Waals surface area contributed by atoms with Gasteiger partial charge >= 0.3 is 11.9 Å². The van der Waals surface area contributed by atoms with Crippen molar-refractivity contribution in [3.63, 3.8) is 0 Å². The number of carboxylic acids is 1. The Bertz CT molecular complexity index is 796. The lowest BCUT2D eigenvalue weighted by atomic mass is 9.90. The molecule has 26 heavy (non-hydrogen) atoms. The fraction of sp³-hybridized carbons (Fsp3) is 0.350. The summed E-state index contributed by atoms with van der Waals surface area (Å²) in [5, 5.41) is 8.91. The molecule has 3 N–H and O–H groups in total. The number of Topliss-reactive ketones (excluding diaryl/α,β-unsaturated/α-hetero) is 1. The van der Waals surface area contributed by atoms with Gasteiger partial charge in [-0.25, -0.2) is 0 Å². The van der Waals surface area contributed by atoms with Crippen molar-refractivity contribution in [3.8, 4) is 0 Å². The zero-order chi connectivity index (χ0) is 18.8. The number of nitrogens with two attached hydrogens (primary N) is 1. The number of allylic oxidation sites excluding steroid dienone is 3. The number of carboxylic acid groups (broad SMARTS) is 1. The average Bonchev–Trinajstić information content (AvgIpc) is 3.22. The number of carbonyl (C=O) groups is 3. The molecular formula is C20H21NO5. The van der Waals surface area contributed by atoms with Crippen LogP contribution < -0.4 is 5.73 Å². The Kier molecular flexibility index (Phi) is 5.04. The lowest BCUT2D eigenvalue weighted by Crippen LogP contribution is -2.43. The average molecular weight is 355 g/mol. The number of carbonyl (C=O) groups excluding carboxylic acids is 2. The van der Waals surface area contributed by atoms with Crippen molar-refractivity contribution in [2.24, 2.45) is 17.6 Å². The Morgan fingerprint density at radius 3 is 2.50 bits per heavy atom. The van der Waals surface area contributed by atoms with E-state index < -0.39 is 30.0 Å². The molecule has 2 unspecified atom stereocenters. The van der Waals surface area contributed by atoms with Crippen LogP contribution >= 0.6 is 0 Å². The molecule has 6 heteroatoms. The van der Waals surface area contributed by atoms with Gasteiger partial charge in [0.25, 0.3) is 0 Å². The fourth-order valence-electron chi connectivity index (χ4n) is 3.56. The van der Waals surface area contributed by atoms with E-state index in [1.165, 1.54) is 6.92 Å². The van der Waals surface area contributed by atoms with Crippen molar-refractivity contribution in [1.29, 1.82) is 0 Å². The van der Waals surface area contributed by atoms with Crippen LogP contribution in [0.15, 0.2) is 53.6 Å². The van der Waals surface area contributed by atoms with Gasteiger partial charge in [0.1, 0.15) is 12.1 Å². The molecule has 2 aliphatic carbocycles. The second kappa shape index (κ2) is 7.25. The SMILES string of the molecule is C[C@@H](OC(=O)[C@H]1CCC2C(C(=O)c3ccccc3)=CC=C21)C(N)C(=O)O. The summed E-state index contributed by atoms with van der Waals surface area (Å²) in [6.45, 7) is 1.47. The maximum absolute atomic E-state index is 12.7. The molecule has 0 aliphatic heterocycles. The molecule has 1 fully saturated rings. The molecular weight excluding hydrogens is 334 g/mol. The maximum atomic E-state index is 12.7. The predicted molar refractivity (Wildman–Crippen MR) is 94.3 cm³/mol. The van der Waals surface area contributed by atoms with Crippen molar-refractivity contribution in [2.45, 2.75) is 31.9 Å². The van der Waals surface area contributed by atoms with Gasteiger partial charge in [-0.3, -0.25) is 14.4 Å². The van der Waals surface area contributed by atoms with Gasteiger partial charge in [0.15, 0.2) is 5.78 Å². The summed E-state index contributed by atoms with van der Waals surface area (Å²) in [6, 6.07) is 7.78. The van der Waals surface area contributed by atoms with E-state index in [1.54, 1.807) is 18.2 Å². The van der Waals surface area contributed by atoms with E-state index in [9.17, 15) is 14.4 Å². The standard InChI is InChI=1S/C20H21NO5/c1-11(17(21)19(23)24)26-20(25)16-10-8-13-14(16)7-9-15(13)18(22)12-5-3-2-4-6-12/h2-7,9,11,13,16-17H,8,10,21H2,1H3,(H,23,24)/t11-,13?,16+,17?/m1/s1. The molecule has 2 aliphatic rings. The van der Waals surface area contributed by atoms with Gasteiger partial charge < -0.3 is 15.6 Å². The Hall–Kier alpha value is -2.73. The van der Waals surface area contributed by atoms with Crippen LogP contribution in [0.2, 0.25) is 0 Å². The number of ether oxygens (including phenoxy) is 1. The number of fused-ring (bicyclic) bond motifs is 1. The molecule has 0 saturated heterocycles. The molecule has 0 radical (unpaired) electrons. The highest BCUT2D eigenvalue weighted by atomic mass is 16.5. The highest BCUT2D eigenvalue weighted by Gasteiger charge is 2.42. The number of rotatable bonds is 6. The third-order valence-corrected chi connectivity index (χ3v) is 5.06. The molecule has 136 valence electrons. The third kappa shape index (κ3) is 3.32. The smallest absolute Gasteiger partial charge is 0.324 e. The minimum atomic E-state index is -1.26. The summed E-state index contributed by atoms with van der Waals surface area (Å²) in [6.07, 6.45) is 3.95. The molecule has 4 atom stereocenters. The van der Waals surface area contributed by atoms with Gasteiger partial charge in [0.2, 0.25) is 0 Å². The van der Waals surface area contributed by atoms with Crippen LogP contribution in [0, 0.1) is 11.8 Å². The first-order chi connectivity index (χ1) is 12.4. The summed E-state index contributed by atoms with van der Waals surface area (Å²) >= 11 is 0.